The van der Waals surface area contributed by atoms with Crippen molar-refractivity contribution in [1.82, 2.24) is 9.55 Å². The van der Waals surface area contributed by atoms with Crippen LogP contribution in [0.4, 0.5) is 0 Å². The first-order chi connectivity index (χ1) is 15.2. The van der Waals surface area contributed by atoms with Gasteiger partial charge in [-0.3, -0.25) is 0 Å². The Morgan fingerprint density at radius 3 is 2.45 bits per heavy atom. The molecule has 3 aromatic carbocycles. The van der Waals surface area contributed by atoms with Gasteiger partial charge in [0.1, 0.15) is 18.2 Å². The SMILES string of the molecule is COc1ccccc1OCCCn1c(COc2cc(C)ccc2C)nc2ccccc21. The van der Waals surface area contributed by atoms with Crippen molar-refractivity contribution in [2.24, 2.45) is 0 Å². The summed E-state index contributed by atoms with van der Waals surface area (Å²) in [5.74, 6) is 3.33. The highest BCUT2D eigenvalue weighted by Gasteiger charge is 2.12. The third-order valence-corrected chi connectivity index (χ3v) is 5.29. The molecule has 0 fully saturated rings. The lowest BCUT2D eigenvalue weighted by Crippen LogP contribution is -2.10. The summed E-state index contributed by atoms with van der Waals surface area (Å²) in [5, 5.41) is 0. The molecule has 0 radical (unpaired) electrons. The van der Waals surface area contributed by atoms with Crippen molar-refractivity contribution in [2.45, 2.75) is 33.4 Å². The number of methoxy groups -OCH3 is 1. The number of fused-ring (bicyclic) bond motifs is 1. The van der Waals surface area contributed by atoms with Gasteiger partial charge in [0, 0.05) is 6.54 Å². The van der Waals surface area contributed by atoms with Crippen LogP contribution in [0.5, 0.6) is 17.2 Å². The fraction of sp³-hybridized carbons (Fsp3) is 0.269. The van der Waals surface area contributed by atoms with E-state index in [4.69, 9.17) is 19.2 Å². The number of benzene rings is 3. The van der Waals surface area contributed by atoms with Crippen LogP contribution in [0.15, 0.2) is 66.7 Å². The van der Waals surface area contributed by atoms with Gasteiger partial charge in [-0.25, -0.2) is 4.98 Å². The van der Waals surface area contributed by atoms with Gasteiger partial charge in [-0.1, -0.05) is 36.4 Å². The van der Waals surface area contributed by atoms with Crippen LogP contribution in [-0.4, -0.2) is 23.3 Å². The van der Waals surface area contributed by atoms with Crippen molar-refractivity contribution >= 4 is 11.0 Å². The molecule has 31 heavy (non-hydrogen) atoms. The van der Waals surface area contributed by atoms with E-state index < -0.39 is 0 Å². The van der Waals surface area contributed by atoms with Crippen molar-refractivity contribution < 1.29 is 14.2 Å². The number of hydrogen-bond donors (Lipinski definition) is 0. The highest BCUT2D eigenvalue weighted by Crippen LogP contribution is 2.26. The molecular weight excluding hydrogens is 388 g/mol. The lowest BCUT2D eigenvalue weighted by atomic mass is 10.1. The Balaban J connectivity index is 1.46. The maximum absolute atomic E-state index is 6.15. The summed E-state index contributed by atoms with van der Waals surface area (Å²) >= 11 is 0. The molecular formula is C26H28N2O3. The molecule has 1 aromatic heterocycles. The second-order valence-corrected chi connectivity index (χ2v) is 7.58. The third-order valence-electron chi connectivity index (χ3n) is 5.29. The molecule has 0 bridgehead atoms. The minimum atomic E-state index is 0.423. The van der Waals surface area contributed by atoms with Gasteiger partial charge in [0.25, 0.3) is 0 Å². The Bertz CT molecular complexity index is 1170. The van der Waals surface area contributed by atoms with Crippen LogP contribution in [-0.2, 0) is 13.2 Å². The fourth-order valence-corrected chi connectivity index (χ4v) is 3.63. The zero-order valence-corrected chi connectivity index (χ0v) is 18.3. The van der Waals surface area contributed by atoms with Gasteiger partial charge in [-0.15, -0.1) is 0 Å². The highest BCUT2D eigenvalue weighted by molar-refractivity contribution is 5.75. The first kappa shape index (κ1) is 20.8. The minimum absolute atomic E-state index is 0.423. The Kier molecular flexibility index (Phi) is 6.41. The number of aromatic nitrogens is 2. The van der Waals surface area contributed by atoms with E-state index in [1.807, 2.05) is 42.5 Å². The lowest BCUT2D eigenvalue weighted by Gasteiger charge is -2.13. The Morgan fingerprint density at radius 1 is 0.839 bits per heavy atom. The van der Waals surface area contributed by atoms with Gasteiger partial charge >= 0.3 is 0 Å². The van der Waals surface area contributed by atoms with Crippen molar-refractivity contribution in [3.8, 4) is 17.2 Å². The molecule has 0 aliphatic heterocycles. The van der Waals surface area contributed by atoms with E-state index in [9.17, 15) is 0 Å². The standard InChI is InChI=1S/C26H28N2O3/c1-19-13-14-20(2)25(17-19)31-18-26-27-21-9-4-5-10-22(21)28(26)15-8-16-30-24-12-7-6-11-23(24)29-3/h4-7,9-14,17H,8,15-16,18H2,1-3H3. The zero-order chi connectivity index (χ0) is 21.6. The van der Waals surface area contributed by atoms with Gasteiger partial charge in [-0.05, 0) is 61.7 Å². The molecule has 0 N–H and O–H groups in total. The third kappa shape index (κ3) is 4.82. The topological polar surface area (TPSA) is 45.5 Å². The summed E-state index contributed by atoms with van der Waals surface area (Å²) in [4.78, 5) is 4.82. The lowest BCUT2D eigenvalue weighted by molar-refractivity contribution is 0.272. The molecule has 0 aliphatic rings. The highest BCUT2D eigenvalue weighted by atomic mass is 16.5. The number of para-hydroxylation sites is 4. The molecule has 160 valence electrons. The molecule has 0 saturated heterocycles. The zero-order valence-electron chi connectivity index (χ0n) is 18.3. The van der Waals surface area contributed by atoms with Crippen LogP contribution in [0.2, 0.25) is 0 Å². The van der Waals surface area contributed by atoms with E-state index in [2.05, 4.69) is 42.7 Å². The van der Waals surface area contributed by atoms with Crippen molar-refractivity contribution in [3.63, 3.8) is 0 Å². The summed E-state index contributed by atoms with van der Waals surface area (Å²) in [6, 6.07) is 22.2. The minimum Gasteiger partial charge on any atom is -0.493 e. The Labute approximate surface area is 183 Å². The molecule has 0 aliphatic carbocycles. The maximum atomic E-state index is 6.15. The Morgan fingerprint density at radius 2 is 1.61 bits per heavy atom. The smallest absolute Gasteiger partial charge is 0.161 e. The van der Waals surface area contributed by atoms with Gasteiger partial charge in [0.15, 0.2) is 11.5 Å². The molecule has 4 aromatic rings. The molecule has 0 unspecified atom stereocenters. The summed E-state index contributed by atoms with van der Waals surface area (Å²) in [7, 11) is 1.65. The number of nitrogens with zero attached hydrogens (tertiary/aromatic N) is 2. The van der Waals surface area contributed by atoms with Crippen molar-refractivity contribution in [2.75, 3.05) is 13.7 Å². The average molecular weight is 417 g/mol. The molecule has 0 amide bonds. The molecule has 5 nitrogen and oxygen atoms in total. The quantitative estimate of drug-likeness (QED) is 0.328. The average Bonchev–Trinajstić information content (AvgIpc) is 3.15. The summed E-state index contributed by atoms with van der Waals surface area (Å²) in [5.41, 5.74) is 4.40. The maximum Gasteiger partial charge on any atom is 0.161 e. The van der Waals surface area contributed by atoms with E-state index >= 15 is 0 Å². The molecule has 0 atom stereocenters. The first-order valence-corrected chi connectivity index (χ1v) is 10.6. The summed E-state index contributed by atoms with van der Waals surface area (Å²) in [6.07, 6.45) is 0.842. The molecule has 1 heterocycles. The molecule has 4 rings (SSSR count). The fourth-order valence-electron chi connectivity index (χ4n) is 3.63. The van der Waals surface area contributed by atoms with E-state index in [-0.39, 0.29) is 0 Å². The number of imidazole rings is 1. The van der Waals surface area contributed by atoms with Gasteiger partial charge < -0.3 is 18.8 Å². The van der Waals surface area contributed by atoms with Crippen LogP contribution >= 0.6 is 0 Å². The Hall–Kier alpha value is -3.47. The molecule has 0 spiro atoms. The normalized spacial score (nSPS) is 10.9. The van der Waals surface area contributed by atoms with E-state index in [1.54, 1.807) is 7.11 Å². The second-order valence-electron chi connectivity index (χ2n) is 7.58. The largest absolute Gasteiger partial charge is 0.493 e. The van der Waals surface area contributed by atoms with Crippen LogP contribution in [0.3, 0.4) is 0 Å². The summed E-state index contributed by atoms with van der Waals surface area (Å²) < 4.78 is 19.7. The monoisotopic (exact) mass is 416 g/mol. The van der Waals surface area contributed by atoms with Gasteiger partial charge in [0.05, 0.1) is 24.8 Å². The first-order valence-electron chi connectivity index (χ1n) is 10.6. The van der Waals surface area contributed by atoms with Gasteiger partial charge in [0.2, 0.25) is 0 Å². The van der Waals surface area contributed by atoms with Crippen molar-refractivity contribution in [1.29, 1.82) is 0 Å². The van der Waals surface area contributed by atoms with Crippen LogP contribution < -0.4 is 14.2 Å². The molecule has 5 heteroatoms. The van der Waals surface area contributed by atoms with Crippen molar-refractivity contribution in [3.05, 3.63) is 83.7 Å². The predicted octanol–water partition coefficient (Wildman–Crippen LogP) is 5.71. The van der Waals surface area contributed by atoms with Crippen LogP contribution in [0.1, 0.15) is 23.4 Å². The predicted molar refractivity (Wildman–Crippen MR) is 123 cm³/mol. The second kappa shape index (κ2) is 9.56. The number of aryl methyl sites for hydroxylation is 3. The van der Waals surface area contributed by atoms with E-state index in [1.165, 1.54) is 5.56 Å². The van der Waals surface area contributed by atoms with Crippen LogP contribution in [0.25, 0.3) is 11.0 Å². The van der Waals surface area contributed by atoms with Gasteiger partial charge in [-0.2, -0.15) is 0 Å². The van der Waals surface area contributed by atoms with E-state index in [0.717, 1.165) is 52.6 Å². The summed E-state index contributed by atoms with van der Waals surface area (Å²) in [6.45, 7) is 5.94. The number of rotatable bonds is 9. The van der Waals surface area contributed by atoms with Crippen LogP contribution in [0, 0.1) is 13.8 Å². The number of ether oxygens (including phenoxy) is 3. The van der Waals surface area contributed by atoms with E-state index in [0.29, 0.717) is 13.2 Å². The number of hydrogen-bond acceptors (Lipinski definition) is 4. The molecule has 0 saturated carbocycles.